The van der Waals surface area contributed by atoms with Crippen molar-refractivity contribution in [3.05, 3.63) is 117 Å². The number of piperidine rings is 2. The molecule has 2 aromatic heterocycles. The summed E-state index contributed by atoms with van der Waals surface area (Å²) in [7, 11) is 0. The maximum atomic E-state index is 14.9. The Morgan fingerprint density at radius 1 is 0.562 bits per heavy atom. The van der Waals surface area contributed by atoms with Gasteiger partial charge in [0.25, 0.3) is 11.8 Å². The number of nitrogens with zero attached hydrogens (tertiary/aromatic N) is 6. The molecule has 4 heterocycles. The quantitative estimate of drug-likeness (QED) is 0.119. The maximum absolute atomic E-state index is 14.9. The van der Waals surface area contributed by atoms with Gasteiger partial charge >= 0.3 is 11.9 Å². The smallest absolute Gasteiger partial charge is 0.309 e. The number of aliphatic hydroxyl groups excluding tert-OH is 2. The average Bonchev–Trinajstić information content (AvgIpc) is 4.21. The number of hydrogen-bond donors (Lipinski definition) is 4. The fourth-order valence-corrected chi connectivity index (χ4v) is 9.53. The van der Waals surface area contributed by atoms with Crippen molar-refractivity contribution in [3.8, 4) is 0 Å². The van der Waals surface area contributed by atoms with Crippen LogP contribution in [0.4, 0.5) is 20.4 Å². The lowest BCUT2D eigenvalue weighted by atomic mass is 9.94. The number of β-amino-alcohol motifs (C(OH)–C–C–N with tert-alkyl or cyclic N) is 2. The fraction of sp³-hybridized carbons (Fsp3) is 0.348. The van der Waals surface area contributed by atoms with E-state index in [1.54, 1.807) is 34.1 Å². The number of hydrogen-bond acceptors (Lipinski definition) is 10. The van der Waals surface area contributed by atoms with E-state index in [-0.39, 0.29) is 73.3 Å². The molecule has 6 aromatic rings. The summed E-state index contributed by atoms with van der Waals surface area (Å²) in [5.41, 5.74) is 3.04. The number of benzene rings is 4. The van der Waals surface area contributed by atoms with Gasteiger partial charge in [-0.3, -0.25) is 19.2 Å². The van der Waals surface area contributed by atoms with Gasteiger partial charge in [-0.15, -0.1) is 10.2 Å². The summed E-state index contributed by atoms with van der Waals surface area (Å²) in [5.74, 6) is -4.96. The van der Waals surface area contributed by atoms with Gasteiger partial charge in [-0.1, -0.05) is 59.6 Å². The van der Waals surface area contributed by atoms with Crippen molar-refractivity contribution >= 4 is 80.4 Å². The highest BCUT2D eigenvalue weighted by Gasteiger charge is 2.38. The molecule has 0 amide bonds. The lowest BCUT2D eigenvalue weighted by Crippen LogP contribution is -2.47. The highest BCUT2D eigenvalue weighted by atomic mass is 35.5. The monoisotopic (exact) mass is 914 g/mol. The molecule has 2 saturated carbocycles. The Kier molecular flexibility index (Phi) is 11.7. The number of fused-ring (bicyclic) bond motifs is 2. The van der Waals surface area contributed by atoms with E-state index >= 15 is 0 Å². The number of carboxylic acids is 2. The molecule has 2 aliphatic carbocycles. The number of carbonyl (C=O) groups is 4. The fourth-order valence-electron chi connectivity index (χ4n) is 9.01. The molecular formula is C46H42Cl2F2N6O8. The molecule has 2 aliphatic heterocycles. The minimum Gasteiger partial charge on any atom is -0.481 e. The number of carbonyl (C=O) groups excluding carboxylic acids is 2. The summed E-state index contributed by atoms with van der Waals surface area (Å²) in [6, 6.07) is 19.5. The van der Waals surface area contributed by atoms with E-state index in [9.17, 15) is 48.4 Å². The van der Waals surface area contributed by atoms with Gasteiger partial charge in [0.1, 0.15) is 11.6 Å². The standard InChI is InChI=1S/2C23H21ClFN3O4/c2*24-15-4-1-3-13(12-7-8-12)19(15)22(30)28-17-6-2-5-16(25)20(17)21(26-28)27-10-9-14(23(31)32)18(29)11-27/h2*1-6,12,14,18,29H,7-11H2,(H,31,32)/t2*14-,18-/m10/s1. The second-order valence-electron chi connectivity index (χ2n) is 16.8. The van der Waals surface area contributed by atoms with Gasteiger partial charge < -0.3 is 30.2 Å². The van der Waals surface area contributed by atoms with Crippen LogP contribution < -0.4 is 9.80 Å². The topological polar surface area (TPSA) is 191 Å². The molecule has 332 valence electrons. The van der Waals surface area contributed by atoms with E-state index in [1.807, 2.05) is 24.3 Å². The van der Waals surface area contributed by atoms with E-state index < -0.39 is 59.4 Å². The second-order valence-corrected chi connectivity index (χ2v) is 17.6. The lowest BCUT2D eigenvalue weighted by Gasteiger charge is -2.34. The summed E-state index contributed by atoms with van der Waals surface area (Å²) in [4.78, 5) is 53.1. The first-order valence-corrected chi connectivity index (χ1v) is 21.8. The third-order valence-corrected chi connectivity index (χ3v) is 13.2. The Morgan fingerprint density at radius 2 is 0.938 bits per heavy atom. The Balaban J connectivity index is 0.000000162. The molecule has 4 N–H and O–H groups in total. The minimum atomic E-state index is -1.13. The summed E-state index contributed by atoms with van der Waals surface area (Å²) in [6.45, 7) is 0.486. The zero-order chi connectivity index (χ0) is 45.1. The first kappa shape index (κ1) is 43.3. The van der Waals surface area contributed by atoms with E-state index in [0.29, 0.717) is 32.2 Å². The van der Waals surface area contributed by atoms with Crippen molar-refractivity contribution in [3.63, 3.8) is 0 Å². The van der Waals surface area contributed by atoms with E-state index in [2.05, 4.69) is 10.2 Å². The molecule has 0 bridgehead atoms. The molecule has 0 radical (unpaired) electrons. The highest BCUT2D eigenvalue weighted by Crippen LogP contribution is 2.45. The van der Waals surface area contributed by atoms with Crippen LogP contribution in [-0.4, -0.2) is 102 Å². The van der Waals surface area contributed by atoms with Crippen LogP contribution in [0, 0.1) is 23.5 Å². The van der Waals surface area contributed by atoms with Crippen LogP contribution in [0.3, 0.4) is 0 Å². The van der Waals surface area contributed by atoms with Gasteiger partial charge in [0.05, 0.1) is 67.0 Å². The number of rotatable bonds is 8. The van der Waals surface area contributed by atoms with Crippen LogP contribution in [0.2, 0.25) is 10.0 Å². The zero-order valence-corrected chi connectivity index (χ0v) is 35.6. The van der Waals surface area contributed by atoms with Crippen molar-refractivity contribution in [2.24, 2.45) is 11.8 Å². The molecule has 0 unspecified atom stereocenters. The Morgan fingerprint density at radius 3 is 1.28 bits per heavy atom. The predicted octanol–water partition coefficient (Wildman–Crippen LogP) is 7.33. The van der Waals surface area contributed by atoms with Crippen LogP contribution in [0.1, 0.15) is 82.2 Å². The van der Waals surface area contributed by atoms with E-state index in [4.69, 9.17) is 23.2 Å². The third kappa shape index (κ3) is 7.97. The first-order chi connectivity index (χ1) is 30.7. The lowest BCUT2D eigenvalue weighted by molar-refractivity contribution is -0.147. The molecule has 2 saturated heterocycles. The van der Waals surface area contributed by atoms with Gasteiger partial charge in [-0.2, -0.15) is 9.36 Å². The van der Waals surface area contributed by atoms with Crippen molar-refractivity contribution in [2.75, 3.05) is 36.0 Å². The zero-order valence-electron chi connectivity index (χ0n) is 34.1. The van der Waals surface area contributed by atoms with Gasteiger partial charge in [0.2, 0.25) is 0 Å². The SMILES string of the molecule is O=C(O)[C@@H]1CCN(c2nn(C(=O)c3c(Cl)cccc3C3CC3)c3cccc(F)c23)C[C@H]1O.O=C(O)[C@H]1CCN(c2nn(C(=O)c3c(Cl)cccc3C3CC3)c3cccc(F)c23)C[C@@H]1O. The number of aliphatic carboxylic acids is 2. The predicted molar refractivity (Wildman–Crippen MR) is 234 cm³/mol. The summed E-state index contributed by atoms with van der Waals surface area (Å²) in [5, 5.41) is 49.0. The largest absolute Gasteiger partial charge is 0.481 e. The van der Waals surface area contributed by atoms with E-state index in [1.165, 1.54) is 24.3 Å². The number of carboxylic acid groups (broad SMARTS) is 2. The normalized spacial score (nSPS) is 21.2. The Labute approximate surface area is 374 Å². The first-order valence-electron chi connectivity index (χ1n) is 21.1. The van der Waals surface area contributed by atoms with Gasteiger partial charge in [0.15, 0.2) is 11.6 Å². The maximum Gasteiger partial charge on any atom is 0.309 e. The van der Waals surface area contributed by atoms with Gasteiger partial charge in [0, 0.05) is 26.2 Å². The summed E-state index contributed by atoms with van der Waals surface area (Å²) in [6.07, 6.45) is 2.04. The molecular weight excluding hydrogens is 873 g/mol. The molecule has 14 nitrogen and oxygen atoms in total. The van der Waals surface area contributed by atoms with Crippen LogP contribution >= 0.6 is 23.2 Å². The van der Waals surface area contributed by atoms with Crippen LogP contribution in [0.25, 0.3) is 21.8 Å². The third-order valence-electron chi connectivity index (χ3n) is 12.6. The Bertz CT molecular complexity index is 2670. The van der Waals surface area contributed by atoms with Crippen molar-refractivity contribution in [1.82, 2.24) is 19.6 Å². The van der Waals surface area contributed by atoms with Crippen LogP contribution in [-0.2, 0) is 9.59 Å². The molecule has 4 atom stereocenters. The molecule has 18 heteroatoms. The number of anilines is 2. The molecule has 4 fully saturated rings. The van der Waals surface area contributed by atoms with Crippen LogP contribution in [0.5, 0.6) is 0 Å². The van der Waals surface area contributed by atoms with Gasteiger partial charge in [-0.05, 0) is 97.9 Å². The number of aliphatic hydroxyl groups is 2. The van der Waals surface area contributed by atoms with Crippen molar-refractivity contribution < 1.29 is 48.4 Å². The molecule has 4 aliphatic rings. The average molecular weight is 916 g/mol. The van der Waals surface area contributed by atoms with Crippen molar-refractivity contribution in [1.29, 1.82) is 0 Å². The number of aromatic nitrogens is 4. The van der Waals surface area contributed by atoms with Crippen molar-refractivity contribution in [2.45, 2.75) is 62.6 Å². The summed E-state index contributed by atoms with van der Waals surface area (Å²) < 4.78 is 32.1. The number of halogens is 4. The Hall–Kier alpha value is -5.94. The van der Waals surface area contributed by atoms with E-state index in [0.717, 1.165) is 46.2 Å². The minimum absolute atomic E-state index is 0.0228. The highest BCUT2D eigenvalue weighted by molar-refractivity contribution is 6.35. The molecule has 10 rings (SSSR count). The van der Waals surface area contributed by atoms with Crippen LogP contribution in [0.15, 0.2) is 72.8 Å². The molecule has 64 heavy (non-hydrogen) atoms. The molecule has 0 spiro atoms. The second kappa shape index (κ2) is 17.2. The summed E-state index contributed by atoms with van der Waals surface area (Å²) >= 11 is 12.8. The van der Waals surface area contributed by atoms with Gasteiger partial charge in [-0.25, -0.2) is 8.78 Å². The molecule has 4 aromatic carbocycles.